The monoisotopic (exact) mass is 356 g/mol. The summed E-state index contributed by atoms with van der Waals surface area (Å²) >= 11 is 0. The Kier molecular flexibility index (Phi) is 5.56. The number of benzene rings is 1. The highest BCUT2D eigenvalue weighted by atomic mass is 16.3. The molecule has 1 aromatic carbocycles. The normalized spacial score (nSPS) is 12.5. The van der Waals surface area contributed by atoms with Crippen LogP contribution in [-0.2, 0) is 4.79 Å². The Morgan fingerprint density at radius 2 is 1.92 bits per heavy atom. The molecule has 0 aliphatic rings. The highest BCUT2D eigenvalue weighted by Crippen LogP contribution is 2.25. The molecule has 1 heterocycles. The maximum absolute atomic E-state index is 12.1. The molecule has 0 aliphatic heterocycles. The van der Waals surface area contributed by atoms with Crippen molar-refractivity contribution in [3.63, 3.8) is 0 Å². The maximum Gasteiger partial charge on any atom is 0.244 e. The Bertz CT molecular complexity index is 862. The predicted molar refractivity (Wildman–Crippen MR) is 101 cm³/mol. The minimum atomic E-state index is -0.425. The van der Waals surface area contributed by atoms with Gasteiger partial charge in [0.2, 0.25) is 5.91 Å². The molecular formula is C18H24N6O2. The molecule has 138 valence electrons. The van der Waals surface area contributed by atoms with Crippen LogP contribution in [0.1, 0.15) is 24.2 Å². The average molecular weight is 356 g/mol. The average Bonchev–Trinajstić information content (AvgIpc) is 3.07. The van der Waals surface area contributed by atoms with Crippen LogP contribution in [0.25, 0.3) is 11.3 Å². The number of phenols is 1. The van der Waals surface area contributed by atoms with E-state index in [9.17, 15) is 9.90 Å². The summed E-state index contributed by atoms with van der Waals surface area (Å²) < 4.78 is 1.67. The molecule has 8 heteroatoms. The number of hydrogen-bond acceptors (Lipinski definition) is 6. The van der Waals surface area contributed by atoms with Crippen molar-refractivity contribution >= 4 is 17.2 Å². The second-order valence-electron chi connectivity index (χ2n) is 6.10. The van der Waals surface area contributed by atoms with Gasteiger partial charge < -0.3 is 31.8 Å². The number of nitrogens with two attached hydrogens (primary N) is 3. The number of nitrogens with zero attached hydrogens (tertiary/aromatic N) is 3. The predicted octanol–water partition coefficient (Wildman–Crippen LogP) is 0.824. The van der Waals surface area contributed by atoms with E-state index in [0.29, 0.717) is 22.5 Å². The molecular weight excluding hydrogens is 332 g/mol. The van der Waals surface area contributed by atoms with Crippen LogP contribution in [0.4, 0.5) is 0 Å². The van der Waals surface area contributed by atoms with Gasteiger partial charge >= 0.3 is 0 Å². The van der Waals surface area contributed by atoms with Crippen molar-refractivity contribution in [1.29, 1.82) is 0 Å². The van der Waals surface area contributed by atoms with Gasteiger partial charge in [0.15, 0.2) is 0 Å². The van der Waals surface area contributed by atoms with E-state index in [0.717, 1.165) is 0 Å². The molecule has 8 nitrogen and oxygen atoms in total. The van der Waals surface area contributed by atoms with E-state index in [-0.39, 0.29) is 17.5 Å². The molecule has 0 bridgehead atoms. The Balaban J connectivity index is 2.39. The molecule has 1 aromatic heterocycles. The standard InChI is InChI=1S/C18H24N6O2/c1-11(18(26)23(2)3)24-9-15(22-10-24)13(17(20)21)8-14(19)12-6-4-5-7-16(12)25/h4-11,25H,19-21H2,1-3H3/b14-8-. The number of aromatic hydroxyl groups is 1. The van der Waals surface area contributed by atoms with Crippen LogP contribution in [0, 0.1) is 0 Å². The van der Waals surface area contributed by atoms with Crippen molar-refractivity contribution in [2.45, 2.75) is 13.0 Å². The molecule has 7 N–H and O–H groups in total. The quantitative estimate of drug-likeness (QED) is 0.586. The molecule has 0 fully saturated rings. The fraction of sp³-hybridized carbons (Fsp3) is 0.222. The van der Waals surface area contributed by atoms with E-state index in [4.69, 9.17) is 17.2 Å². The lowest BCUT2D eigenvalue weighted by molar-refractivity contribution is -0.131. The summed E-state index contributed by atoms with van der Waals surface area (Å²) in [5.74, 6) is 0.0107. The van der Waals surface area contributed by atoms with Gasteiger partial charge in [0.1, 0.15) is 17.6 Å². The largest absolute Gasteiger partial charge is 0.507 e. The van der Waals surface area contributed by atoms with Gasteiger partial charge in [0.25, 0.3) is 0 Å². The zero-order valence-corrected chi connectivity index (χ0v) is 15.0. The summed E-state index contributed by atoms with van der Waals surface area (Å²) in [6.07, 6.45) is 4.76. The van der Waals surface area contributed by atoms with Crippen LogP contribution in [-0.4, -0.2) is 39.6 Å². The van der Waals surface area contributed by atoms with E-state index in [1.54, 1.807) is 56.1 Å². The summed E-state index contributed by atoms with van der Waals surface area (Å²) in [6.45, 7) is 1.77. The van der Waals surface area contributed by atoms with Gasteiger partial charge in [-0.2, -0.15) is 0 Å². The van der Waals surface area contributed by atoms with Gasteiger partial charge in [-0.3, -0.25) is 4.79 Å². The number of para-hydroxylation sites is 1. The van der Waals surface area contributed by atoms with Crippen LogP contribution in [0.2, 0.25) is 0 Å². The summed E-state index contributed by atoms with van der Waals surface area (Å²) in [7, 11) is 3.38. The van der Waals surface area contributed by atoms with Crippen molar-refractivity contribution in [3.8, 4) is 5.75 Å². The van der Waals surface area contributed by atoms with E-state index in [2.05, 4.69) is 4.98 Å². The zero-order chi connectivity index (χ0) is 19.4. The van der Waals surface area contributed by atoms with Gasteiger partial charge in [0.05, 0.1) is 12.0 Å². The van der Waals surface area contributed by atoms with Crippen LogP contribution in [0.5, 0.6) is 5.75 Å². The van der Waals surface area contributed by atoms with E-state index in [1.165, 1.54) is 17.3 Å². The van der Waals surface area contributed by atoms with Crippen LogP contribution in [0.3, 0.4) is 0 Å². The van der Waals surface area contributed by atoms with Crippen LogP contribution in [0.15, 0.2) is 48.7 Å². The van der Waals surface area contributed by atoms with Gasteiger partial charge in [-0.05, 0) is 25.1 Å². The molecule has 1 atom stereocenters. The van der Waals surface area contributed by atoms with E-state index >= 15 is 0 Å². The van der Waals surface area contributed by atoms with E-state index in [1.807, 2.05) is 0 Å². The Morgan fingerprint density at radius 3 is 2.50 bits per heavy atom. The third-order valence-electron chi connectivity index (χ3n) is 3.95. The molecule has 0 radical (unpaired) electrons. The van der Waals surface area contributed by atoms with Crippen molar-refractivity contribution < 1.29 is 9.90 Å². The first-order chi connectivity index (χ1) is 12.2. The summed E-state index contributed by atoms with van der Waals surface area (Å²) in [5, 5.41) is 9.93. The second-order valence-corrected chi connectivity index (χ2v) is 6.10. The summed E-state index contributed by atoms with van der Waals surface area (Å²) in [4.78, 5) is 17.9. The molecule has 0 spiro atoms. The third kappa shape index (κ3) is 3.97. The van der Waals surface area contributed by atoms with Crippen molar-refractivity contribution in [3.05, 3.63) is 59.9 Å². The number of amides is 1. The first-order valence-corrected chi connectivity index (χ1v) is 7.98. The number of hydrogen-bond donors (Lipinski definition) is 4. The minimum Gasteiger partial charge on any atom is -0.507 e. The van der Waals surface area contributed by atoms with Crippen molar-refractivity contribution in [2.24, 2.45) is 17.2 Å². The topological polar surface area (TPSA) is 136 Å². The number of imidazole rings is 1. The lowest BCUT2D eigenvalue weighted by Crippen LogP contribution is -2.29. The van der Waals surface area contributed by atoms with Gasteiger partial charge in [-0.1, -0.05) is 12.1 Å². The highest BCUT2D eigenvalue weighted by Gasteiger charge is 2.18. The Morgan fingerprint density at radius 1 is 1.27 bits per heavy atom. The second kappa shape index (κ2) is 7.64. The number of aromatic nitrogens is 2. The highest BCUT2D eigenvalue weighted by molar-refractivity contribution is 5.84. The molecule has 2 aromatic rings. The first-order valence-electron chi connectivity index (χ1n) is 7.98. The third-order valence-corrected chi connectivity index (χ3v) is 3.95. The van der Waals surface area contributed by atoms with Gasteiger partial charge in [-0.25, -0.2) is 4.98 Å². The van der Waals surface area contributed by atoms with Crippen LogP contribution >= 0.6 is 0 Å². The smallest absolute Gasteiger partial charge is 0.244 e. The molecule has 0 aliphatic carbocycles. The summed E-state index contributed by atoms with van der Waals surface area (Å²) in [6, 6.07) is 6.25. The number of carbonyl (C=O) groups is 1. The van der Waals surface area contributed by atoms with Crippen molar-refractivity contribution in [2.75, 3.05) is 14.1 Å². The Labute approximate surface area is 152 Å². The molecule has 0 saturated carbocycles. The van der Waals surface area contributed by atoms with Crippen molar-refractivity contribution in [1.82, 2.24) is 14.5 Å². The van der Waals surface area contributed by atoms with Gasteiger partial charge in [-0.15, -0.1) is 0 Å². The fourth-order valence-corrected chi connectivity index (χ4v) is 2.44. The molecule has 0 saturated heterocycles. The molecule has 1 unspecified atom stereocenters. The Hall–Kier alpha value is -3.42. The lowest BCUT2D eigenvalue weighted by atomic mass is 10.1. The number of phenolic OH excluding ortho intramolecular Hbond substituents is 1. The van der Waals surface area contributed by atoms with E-state index < -0.39 is 6.04 Å². The number of carbonyl (C=O) groups excluding carboxylic acids is 1. The number of likely N-dealkylation sites (N-methyl/N-ethyl adjacent to an activating group) is 1. The van der Waals surface area contributed by atoms with Gasteiger partial charge in [0, 0.05) is 37.1 Å². The summed E-state index contributed by atoms with van der Waals surface area (Å²) in [5.41, 5.74) is 19.3. The molecule has 2 rings (SSSR count). The molecule has 1 amide bonds. The minimum absolute atomic E-state index is 0.0280. The number of allylic oxidation sites excluding steroid dienone is 2. The SMILES string of the molecule is CC(C(=O)N(C)C)n1cnc(C(/C=C(\N)c2ccccc2O)=C(N)N)c1. The fourth-order valence-electron chi connectivity index (χ4n) is 2.44. The number of rotatable bonds is 5. The maximum atomic E-state index is 12.1. The first kappa shape index (κ1) is 18.9. The van der Waals surface area contributed by atoms with Crippen LogP contribution < -0.4 is 17.2 Å². The lowest BCUT2D eigenvalue weighted by Gasteiger charge is -2.17. The molecule has 26 heavy (non-hydrogen) atoms. The zero-order valence-electron chi connectivity index (χ0n) is 15.0.